The zero-order valence-corrected chi connectivity index (χ0v) is 15.8. The molecule has 1 aromatic carbocycles. The number of rotatable bonds is 6. The molecule has 134 valence electrons. The van der Waals surface area contributed by atoms with Gasteiger partial charge in [-0.3, -0.25) is 4.98 Å². The molecule has 5 heteroatoms. The summed E-state index contributed by atoms with van der Waals surface area (Å²) in [7, 11) is 0. The van der Waals surface area contributed by atoms with Crippen molar-refractivity contribution in [3.05, 3.63) is 51.6 Å². The molecule has 1 unspecified atom stereocenters. The summed E-state index contributed by atoms with van der Waals surface area (Å²) in [5.74, 6) is 1.29. The molecular weight excluding hydrogens is 341 g/mol. The fraction of sp³-hybridized carbons (Fsp3) is 0.450. The zero-order chi connectivity index (χ0) is 18.1. The first-order valence-electron chi connectivity index (χ1n) is 8.59. The molecule has 3 nitrogen and oxygen atoms in total. The summed E-state index contributed by atoms with van der Waals surface area (Å²) in [6, 6.07) is 4.86. The molecule has 2 aromatic rings. The van der Waals surface area contributed by atoms with E-state index in [1.54, 1.807) is 6.07 Å². The Morgan fingerprint density at radius 3 is 2.60 bits per heavy atom. The van der Waals surface area contributed by atoms with Crippen LogP contribution < -0.4 is 4.74 Å². The molecular formula is C20H23ClFNO2. The molecule has 0 saturated heterocycles. The van der Waals surface area contributed by atoms with Crippen LogP contribution in [0.25, 0.3) is 0 Å². The lowest BCUT2D eigenvalue weighted by Gasteiger charge is -2.20. The Morgan fingerprint density at radius 1 is 1.20 bits per heavy atom. The van der Waals surface area contributed by atoms with Gasteiger partial charge in [0.15, 0.2) is 0 Å². The molecule has 1 heterocycles. The highest BCUT2D eigenvalue weighted by Crippen LogP contribution is 2.40. The summed E-state index contributed by atoms with van der Waals surface area (Å²) >= 11 is 6.24. The van der Waals surface area contributed by atoms with E-state index in [-0.39, 0.29) is 11.1 Å². The molecule has 1 aliphatic rings. The smallest absolute Gasteiger partial charge is 0.148 e. The van der Waals surface area contributed by atoms with Crippen LogP contribution in [0.3, 0.4) is 0 Å². The lowest BCUT2D eigenvalue weighted by Crippen LogP contribution is -2.07. The van der Waals surface area contributed by atoms with Crippen molar-refractivity contribution in [2.75, 3.05) is 6.61 Å². The van der Waals surface area contributed by atoms with Crippen LogP contribution in [0.5, 0.6) is 11.5 Å². The molecule has 1 atom stereocenters. The van der Waals surface area contributed by atoms with E-state index in [2.05, 4.69) is 4.98 Å². The zero-order valence-electron chi connectivity index (χ0n) is 15.0. The van der Waals surface area contributed by atoms with Gasteiger partial charge in [0.2, 0.25) is 0 Å². The second-order valence-electron chi connectivity index (χ2n) is 6.77. The van der Waals surface area contributed by atoms with E-state index in [0.29, 0.717) is 29.6 Å². The predicted octanol–water partition coefficient (Wildman–Crippen LogP) is 6.08. The summed E-state index contributed by atoms with van der Waals surface area (Å²) < 4.78 is 26.0. The Kier molecular flexibility index (Phi) is 5.30. The van der Waals surface area contributed by atoms with Crippen LogP contribution in [0.1, 0.15) is 48.4 Å². The van der Waals surface area contributed by atoms with Crippen molar-refractivity contribution >= 4 is 11.6 Å². The van der Waals surface area contributed by atoms with Gasteiger partial charge in [-0.15, -0.1) is 0 Å². The average molecular weight is 364 g/mol. The Labute approximate surface area is 153 Å². The van der Waals surface area contributed by atoms with E-state index in [1.807, 2.05) is 33.8 Å². The second-order valence-corrected chi connectivity index (χ2v) is 7.15. The van der Waals surface area contributed by atoms with Crippen molar-refractivity contribution in [3.63, 3.8) is 0 Å². The summed E-state index contributed by atoms with van der Waals surface area (Å²) in [4.78, 5) is 4.49. The molecule has 0 N–H and O–H groups in total. The Hall–Kier alpha value is -1.65. The van der Waals surface area contributed by atoms with Gasteiger partial charge in [0, 0.05) is 11.3 Å². The SMILES string of the molecule is Cc1cc(Oc2ccc(F)c(Cl)c2C(C)OCC2CC2)c(C)nc1C. The molecule has 0 spiro atoms. The fourth-order valence-corrected chi connectivity index (χ4v) is 3.00. The Morgan fingerprint density at radius 2 is 1.92 bits per heavy atom. The molecule has 0 bridgehead atoms. The molecule has 1 saturated carbocycles. The highest BCUT2D eigenvalue weighted by molar-refractivity contribution is 6.31. The van der Waals surface area contributed by atoms with E-state index in [0.717, 1.165) is 17.0 Å². The number of halogens is 2. The molecule has 0 amide bonds. The van der Waals surface area contributed by atoms with Crippen LogP contribution in [0.2, 0.25) is 5.02 Å². The summed E-state index contributed by atoms with van der Waals surface area (Å²) in [6.45, 7) is 8.37. The fourth-order valence-electron chi connectivity index (χ4n) is 2.69. The van der Waals surface area contributed by atoms with Crippen molar-refractivity contribution in [2.24, 2.45) is 5.92 Å². The van der Waals surface area contributed by atoms with Crippen molar-refractivity contribution in [2.45, 2.75) is 46.6 Å². The maximum absolute atomic E-state index is 14.0. The van der Waals surface area contributed by atoms with Crippen LogP contribution in [0.15, 0.2) is 18.2 Å². The van der Waals surface area contributed by atoms with Gasteiger partial charge in [0.1, 0.15) is 17.3 Å². The molecule has 3 rings (SSSR count). The van der Waals surface area contributed by atoms with Crippen LogP contribution in [-0.2, 0) is 4.74 Å². The van der Waals surface area contributed by atoms with E-state index in [4.69, 9.17) is 21.1 Å². The molecule has 0 aliphatic heterocycles. The standard InChI is InChI=1S/C20H23ClFNO2/c1-11-9-18(13(3)23-12(11)2)25-17-8-7-16(22)20(21)19(17)14(4)24-10-15-5-6-15/h7-9,14-15H,5-6,10H2,1-4H3. The minimum Gasteiger partial charge on any atom is -0.455 e. The summed E-state index contributed by atoms with van der Waals surface area (Å²) in [6.07, 6.45) is 2.04. The third kappa shape index (κ3) is 4.13. The monoisotopic (exact) mass is 363 g/mol. The predicted molar refractivity (Wildman–Crippen MR) is 97.0 cm³/mol. The number of benzene rings is 1. The maximum Gasteiger partial charge on any atom is 0.148 e. The first-order chi connectivity index (χ1) is 11.9. The molecule has 1 aromatic heterocycles. The Balaban J connectivity index is 1.92. The Bertz CT molecular complexity index is 790. The van der Waals surface area contributed by atoms with Crippen LogP contribution in [-0.4, -0.2) is 11.6 Å². The van der Waals surface area contributed by atoms with Gasteiger partial charge in [-0.2, -0.15) is 0 Å². The lowest BCUT2D eigenvalue weighted by atomic mass is 10.1. The minimum absolute atomic E-state index is 0.0512. The van der Waals surface area contributed by atoms with E-state index in [9.17, 15) is 4.39 Å². The normalized spacial score (nSPS) is 15.3. The number of aromatic nitrogens is 1. The van der Waals surface area contributed by atoms with Crippen molar-refractivity contribution in [1.29, 1.82) is 0 Å². The minimum atomic E-state index is -0.471. The third-order valence-corrected chi connectivity index (χ3v) is 4.99. The average Bonchev–Trinajstić information content (AvgIpc) is 3.38. The summed E-state index contributed by atoms with van der Waals surface area (Å²) in [5.41, 5.74) is 3.32. The number of aryl methyl sites for hydroxylation is 3. The van der Waals surface area contributed by atoms with E-state index >= 15 is 0 Å². The largest absolute Gasteiger partial charge is 0.455 e. The van der Waals surface area contributed by atoms with Crippen molar-refractivity contribution in [1.82, 2.24) is 4.98 Å². The summed E-state index contributed by atoms with van der Waals surface area (Å²) in [5, 5.41) is 0.0512. The second kappa shape index (κ2) is 7.30. The lowest BCUT2D eigenvalue weighted by molar-refractivity contribution is 0.0564. The highest BCUT2D eigenvalue weighted by atomic mass is 35.5. The first kappa shape index (κ1) is 18.2. The molecule has 1 fully saturated rings. The van der Waals surface area contributed by atoms with Gasteiger partial charge in [-0.1, -0.05) is 11.6 Å². The van der Waals surface area contributed by atoms with Crippen molar-refractivity contribution in [3.8, 4) is 11.5 Å². The van der Waals surface area contributed by atoms with Gasteiger partial charge < -0.3 is 9.47 Å². The topological polar surface area (TPSA) is 31.4 Å². The van der Waals surface area contributed by atoms with Gasteiger partial charge in [0.25, 0.3) is 0 Å². The first-order valence-corrected chi connectivity index (χ1v) is 8.96. The van der Waals surface area contributed by atoms with Gasteiger partial charge in [-0.25, -0.2) is 4.39 Å². The number of hydrogen-bond donors (Lipinski definition) is 0. The highest BCUT2D eigenvalue weighted by Gasteiger charge is 2.25. The number of ether oxygens (including phenoxy) is 2. The van der Waals surface area contributed by atoms with Crippen molar-refractivity contribution < 1.29 is 13.9 Å². The number of pyridine rings is 1. The van der Waals surface area contributed by atoms with Crippen LogP contribution in [0, 0.1) is 32.5 Å². The maximum atomic E-state index is 14.0. The van der Waals surface area contributed by atoms with E-state index < -0.39 is 5.82 Å². The van der Waals surface area contributed by atoms with Crippen LogP contribution >= 0.6 is 11.6 Å². The third-order valence-electron chi connectivity index (χ3n) is 4.61. The van der Waals surface area contributed by atoms with Gasteiger partial charge in [0.05, 0.1) is 23.4 Å². The van der Waals surface area contributed by atoms with Crippen LogP contribution in [0.4, 0.5) is 4.39 Å². The van der Waals surface area contributed by atoms with Gasteiger partial charge >= 0.3 is 0 Å². The number of hydrogen-bond acceptors (Lipinski definition) is 3. The quantitative estimate of drug-likeness (QED) is 0.623. The number of nitrogens with zero attached hydrogens (tertiary/aromatic N) is 1. The molecule has 25 heavy (non-hydrogen) atoms. The van der Waals surface area contributed by atoms with E-state index in [1.165, 1.54) is 18.9 Å². The molecule has 1 aliphatic carbocycles. The van der Waals surface area contributed by atoms with Gasteiger partial charge in [-0.05, 0) is 70.2 Å². The molecule has 0 radical (unpaired) electrons.